The minimum atomic E-state index is -0.575. The first kappa shape index (κ1) is 16.6. The van der Waals surface area contributed by atoms with Crippen molar-refractivity contribution in [3.8, 4) is 17.2 Å². The fraction of sp³-hybridized carbons (Fsp3) is 0.158. The number of primary amides is 1. The molecule has 0 radical (unpaired) electrons. The number of Topliss-reactive ketones (excluding diaryl/α,β-unsaturated/α-hetero) is 1. The van der Waals surface area contributed by atoms with Crippen molar-refractivity contribution in [2.75, 3.05) is 13.7 Å². The molecule has 128 valence electrons. The molecule has 25 heavy (non-hydrogen) atoms. The van der Waals surface area contributed by atoms with Gasteiger partial charge in [-0.3, -0.25) is 9.59 Å². The fourth-order valence-electron chi connectivity index (χ4n) is 2.60. The normalized spacial score (nSPS) is 14.2. The van der Waals surface area contributed by atoms with Crippen molar-refractivity contribution in [3.63, 3.8) is 0 Å². The van der Waals surface area contributed by atoms with Crippen LogP contribution in [0.2, 0.25) is 0 Å². The second-order valence-electron chi connectivity index (χ2n) is 5.58. The van der Waals surface area contributed by atoms with Crippen molar-refractivity contribution in [1.82, 2.24) is 0 Å². The molecule has 0 aromatic heterocycles. The predicted octanol–water partition coefficient (Wildman–Crippen LogP) is 2.48. The summed E-state index contributed by atoms with van der Waals surface area (Å²) in [5.41, 5.74) is 7.06. The van der Waals surface area contributed by atoms with Crippen LogP contribution in [0.25, 0.3) is 6.08 Å². The Kier molecular flexibility index (Phi) is 4.43. The highest BCUT2D eigenvalue weighted by molar-refractivity contribution is 6.15. The van der Waals surface area contributed by atoms with Gasteiger partial charge >= 0.3 is 0 Å². The lowest BCUT2D eigenvalue weighted by Gasteiger charge is -2.07. The number of amides is 1. The van der Waals surface area contributed by atoms with E-state index < -0.39 is 5.91 Å². The number of benzene rings is 2. The Balaban J connectivity index is 1.90. The van der Waals surface area contributed by atoms with Gasteiger partial charge in [0, 0.05) is 6.07 Å². The summed E-state index contributed by atoms with van der Waals surface area (Å²) in [6, 6.07) is 10.6. The molecular weight excluding hydrogens is 322 g/mol. The number of ketones is 1. The van der Waals surface area contributed by atoms with Gasteiger partial charge in [0.25, 0.3) is 5.91 Å². The number of hydrogen-bond donors (Lipinski definition) is 1. The summed E-state index contributed by atoms with van der Waals surface area (Å²) >= 11 is 0. The van der Waals surface area contributed by atoms with Gasteiger partial charge in [-0.2, -0.15) is 0 Å². The average molecular weight is 339 g/mol. The molecule has 2 N–H and O–H groups in total. The standard InChI is InChI=1S/C19H17NO5/c1-11-6-14(24-10-17(20)21)9-15-18(11)19(22)16(25-15)8-12-4-3-5-13(7-12)23-2/h3-9H,10H2,1-2H3,(H2,20,21)/b16-8-. The van der Waals surface area contributed by atoms with Crippen molar-refractivity contribution in [2.45, 2.75) is 6.92 Å². The molecule has 0 bridgehead atoms. The van der Waals surface area contributed by atoms with Crippen LogP contribution < -0.4 is 19.9 Å². The number of aryl methyl sites for hydroxylation is 1. The van der Waals surface area contributed by atoms with E-state index in [1.54, 1.807) is 38.3 Å². The molecule has 0 fully saturated rings. The summed E-state index contributed by atoms with van der Waals surface area (Å²) in [6.07, 6.45) is 1.66. The van der Waals surface area contributed by atoms with E-state index in [1.807, 2.05) is 18.2 Å². The average Bonchev–Trinajstić information content (AvgIpc) is 2.89. The van der Waals surface area contributed by atoms with Gasteiger partial charge in [0.15, 0.2) is 12.4 Å². The topological polar surface area (TPSA) is 87.8 Å². The van der Waals surface area contributed by atoms with Gasteiger partial charge in [-0.25, -0.2) is 0 Å². The summed E-state index contributed by atoms with van der Waals surface area (Å²) < 4.78 is 16.2. The van der Waals surface area contributed by atoms with Crippen molar-refractivity contribution >= 4 is 17.8 Å². The van der Waals surface area contributed by atoms with Crippen molar-refractivity contribution in [2.24, 2.45) is 5.73 Å². The van der Waals surface area contributed by atoms with E-state index in [2.05, 4.69) is 0 Å². The van der Waals surface area contributed by atoms with Crippen molar-refractivity contribution in [1.29, 1.82) is 0 Å². The van der Waals surface area contributed by atoms with E-state index in [9.17, 15) is 9.59 Å². The van der Waals surface area contributed by atoms with Crippen molar-refractivity contribution < 1.29 is 23.8 Å². The van der Waals surface area contributed by atoms with Gasteiger partial charge < -0.3 is 19.9 Å². The molecule has 2 aromatic carbocycles. The first-order valence-corrected chi connectivity index (χ1v) is 7.62. The van der Waals surface area contributed by atoms with E-state index in [1.165, 1.54) is 0 Å². The van der Waals surface area contributed by atoms with Crippen LogP contribution >= 0.6 is 0 Å². The van der Waals surface area contributed by atoms with Crippen LogP contribution in [0.5, 0.6) is 17.2 Å². The number of methoxy groups -OCH3 is 1. The minimum Gasteiger partial charge on any atom is -0.497 e. The van der Waals surface area contributed by atoms with E-state index >= 15 is 0 Å². The molecule has 1 amide bonds. The van der Waals surface area contributed by atoms with Gasteiger partial charge in [-0.1, -0.05) is 12.1 Å². The van der Waals surface area contributed by atoms with E-state index in [-0.39, 0.29) is 18.1 Å². The van der Waals surface area contributed by atoms with Gasteiger partial charge in [0.1, 0.15) is 17.2 Å². The predicted molar refractivity (Wildman–Crippen MR) is 91.8 cm³/mol. The summed E-state index contributed by atoms with van der Waals surface area (Å²) in [6.45, 7) is 1.55. The maximum Gasteiger partial charge on any atom is 0.255 e. The van der Waals surface area contributed by atoms with E-state index in [4.69, 9.17) is 19.9 Å². The van der Waals surface area contributed by atoms with Gasteiger partial charge in [-0.15, -0.1) is 0 Å². The molecule has 1 heterocycles. The molecule has 3 rings (SSSR count). The molecule has 0 unspecified atom stereocenters. The second kappa shape index (κ2) is 6.68. The molecule has 0 atom stereocenters. The molecule has 0 saturated carbocycles. The Labute approximate surface area is 144 Å². The van der Waals surface area contributed by atoms with Crippen LogP contribution in [0.1, 0.15) is 21.5 Å². The molecule has 2 aromatic rings. The fourth-order valence-corrected chi connectivity index (χ4v) is 2.60. The largest absolute Gasteiger partial charge is 0.497 e. The molecule has 0 saturated heterocycles. The number of rotatable bonds is 5. The lowest BCUT2D eigenvalue weighted by atomic mass is 10.0. The molecule has 0 spiro atoms. The molecule has 0 aliphatic carbocycles. The van der Waals surface area contributed by atoms with E-state index in [0.29, 0.717) is 28.4 Å². The van der Waals surface area contributed by atoms with Gasteiger partial charge in [-0.05, 0) is 42.3 Å². The Bertz CT molecular complexity index is 885. The quantitative estimate of drug-likeness (QED) is 0.846. The highest BCUT2D eigenvalue weighted by Crippen LogP contribution is 2.37. The zero-order valence-corrected chi connectivity index (χ0v) is 13.9. The Morgan fingerprint density at radius 1 is 1.24 bits per heavy atom. The number of carbonyl (C=O) groups is 2. The zero-order valence-electron chi connectivity index (χ0n) is 13.9. The molecule has 6 heteroatoms. The van der Waals surface area contributed by atoms with Crippen molar-refractivity contribution in [3.05, 3.63) is 58.8 Å². The number of hydrogen-bond acceptors (Lipinski definition) is 5. The Morgan fingerprint density at radius 2 is 2.04 bits per heavy atom. The minimum absolute atomic E-state index is 0.197. The Hall–Kier alpha value is -3.28. The van der Waals surface area contributed by atoms with Crippen LogP contribution in [-0.2, 0) is 4.79 Å². The number of ether oxygens (including phenoxy) is 3. The summed E-state index contributed by atoms with van der Waals surface area (Å²) in [5.74, 6) is 0.962. The SMILES string of the molecule is COc1cccc(/C=C2\Oc3cc(OCC(N)=O)cc(C)c3C2=O)c1. The number of carbonyl (C=O) groups excluding carboxylic acids is 2. The summed E-state index contributed by atoms with van der Waals surface area (Å²) in [5, 5.41) is 0. The smallest absolute Gasteiger partial charge is 0.255 e. The first-order chi connectivity index (χ1) is 12.0. The third-order valence-corrected chi connectivity index (χ3v) is 3.72. The summed E-state index contributed by atoms with van der Waals surface area (Å²) in [4.78, 5) is 23.5. The third kappa shape index (κ3) is 3.47. The highest BCUT2D eigenvalue weighted by atomic mass is 16.5. The summed E-state index contributed by atoms with van der Waals surface area (Å²) in [7, 11) is 1.58. The molecular formula is C19H17NO5. The second-order valence-corrected chi connectivity index (χ2v) is 5.58. The maximum atomic E-state index is 12.6. The number of allylic oxidation sites excluding steroid dienone is 1. The van der Waals surface area contributed by atoms with Crippen LogP contribution in [0, 0.1) is 6.92 Å². The van der Waals surface area contributed by atoms with Gasteiger partial charge in [0.2, 0.25) is 5.78 Å². The van der Waals surface area contributed by atoms with Crippen LogP contribution in [0.3, 0.4) is 0 Å². The molecule has 6 nitrogen and oxygen atoms in total. The van der Waals surface area contributed by atoms with Crippen LogP contribution in [-0.4, -0.2) is 25.4 Å². The van der Waals surface area contributed by atoms with Crippen LogP contribution in [0.4, 0.5) is 0 Å². The first-order valence-electron chi connectivity index (χ1n) is 7.62. The third-order valence-electron chi connectivity index (χ3n) is 3.72. The zero-order chi connectivity index (χ0) is 18.0. The van der Waals surface area contributed by atoms with Crippen LogP contribution in [0.15, 0.2) is 42.2 Å². The van der Waals surface area contributed by atoms with E-state index in [0.717, 1.165) is 5.56 Å². The maximum absolute atomic E-state index is 12.6. The number of fused-ring (bicyclic) bond motifs is 1. The molecule has 1 aliphatic heterocycles. The van der Waals surface area contributed by atoms with Gasteiger partial charge in [0.05, 0.1) is 12.7 Å². The molecule has 1 aliphatic rings. The monoisotopic (exact) mass is 339 g/mol. The number of nitrogens with two attached hydrogens (primary N) is 1. The highest BCUT2D eigenvalue weighted by Gasteiger charge is 2.30. The Morgan fingerprint density at radius 3 is 2.76 bits per heavy atom. The lowest BCUT2D eigenvalue weighted by Crippen LogP contribution is -2.20. The lowest BCUT2D eigenvalue weighted by molar-refractivity contribution is -0.119.